The Hall–Kier alpha value is -3.22. The standard InChI is InChI=1S/C27H30N4O2/c32-26-27(14-7-8-15-31(26)16-13-22-9-3-1-4-10-22)21-30(17-18-33-27)20-24-19-28-29-25(24)23-11-5-2-6-12-23/h1-12,19H,13-18,20-21H2,(H,28,29). The Labute approximate surface area is 194 Å². The lowest BCUT2D eigenvalue weighted by molar-refractivity contribution is -0.170. The monoisotopic (exact) mass is 442 g/mol. The van der Waals surface area contributed by atoms with Crippen LogP contribution in [0.3, 0.4) is 0 Å². The van der Waals surface area contributed by atoms with E-state index >= 15 is 0 Å². The average molecular weight is 443 g/mol. The van der Waals surface area contributed by atoms with Crippen LogP contribution in [0.2, 0.25) is 0 Å². The minimum atomic E-state index is -0.821. The molecule has 1 amide bonds. The first kappa shape index (κ1) is 21.6. The zero-order valence-electron chi connectivity index (χ0n) is 18.8. The molecule has 0 bridgehead atoms. The molecule has 1 atom stereocenters. The van der Waals surface area contributed by atoms with E-state index in [9.17, 15) is 4.79 Å². The number of ether oxygens (including phenoxy) is 1. The van der Waals surface area contributed by atoms with E-state index in [-0.39, 0.29) is 5.91 Å². The van der Waals surface area contributed by atoms with Crippen LogP contribution in [-0.4, -0.2) is 64.3 Å². The number of aromatic amines is 1. The van der Waals surface area contributed by atoms with Gasteiger partial charge < -0.3 is 9.64 Å². The first-order valence-corrected chi connectivity index (χ1v) is 11.7. The molecule has 1 spiro atoms. The van der Waals surface area contributed by atoms with Gasteiger partial charge in [0.2, 0.25) is 0 Å². The number of rotatable bonds is 6. The second-order valence-electron chi connectivity index (χ2n) is 8.85. The molecule has 0 saturated carbocycles. The normalized spacial score (nSPS) is 21.5. The van der Waals surface area contributed by atoms with Gasteiger partial charge in [0.15, 0.2) is 5.60 Å². The van der Waals surface area contributed by atoms with Gasteiger partial charge in [0.25, 0.3) is 5.91 Å². The number of nitrogens with one attached hydrogen (secondary N) is 1. The molecule has 3 heterocycles. The number of hydrogen-bond acceptors (Lipinski definition) is 4. The second-order valence-corrected chi connectivity index (χ2v) is 8.85. The number of hydrogen-bond donors (Lipinski definition) is 1. The molecule has 0 radical (unpaired) electrons. The van der Waals surface area contributed by atoms with Gasteiger partial charge >= 0.3 is 0 Å². The molecule has 6 nitrogen and oxygen atoms in total. The van der Waals surface area contributed by atoms with E-state index < -0.39 is 5.60 Å². The molecule has 1 aromatic heterocycles. The highest BCUT2D eigenvalue weighted by Crippen LogP contribution is 2.30. The number of carbonyl (C=O) groups excluding carboxylic acids is 1. The minimum absolute atomic E-state index is 0.101. The van der Waals surface area contributed by atoms with Crippen LogP contribution in [0.15, 0.2) is 79.0 Å². The number of benzene rings is 2. The Kier molecular flexibility index (Phi) is 6.37. The Morgan fingerprint density at radius 3 is 2.64 bits per heavy atom. The lowest BCUT2D eigenvalue weighted by Gasteiger charge is -2.42. The van der Waals surface area contributed by atoms with Crippen LogP contribution < -0.4 is 0 Å². The van der Waals surface area contributed by atoms with Crippen molar-refractivity contribution in [2.75, 3.05) is 32.8 Å². The summed E-state index contributed by atoms with van der Waals surface area (Å²) >= 11 is 0. The number of nitrogens with zero attached hydrogens (tertiary/aromatic N) is 3. The molecule has 1 N–H and O–H groups in total. The first-order chi connectivity index (χ1) is 16.2. The molecule has 1 saturated heterocycles. The largest absolute Gasteiger partial charge is 0.362 e. The summed E-state index contributed by atoms with van der Waals surface area (Å²) in [4.78, 5) is 18.0. The zero-order chi connectivity index (χ0) is 22.5. The molecule has 170 valence electrons. The Bertz CT molecular complexity index is 1100. The van der Waals surface area contributed by atoms with Gasteiger partial charge in [-0.1, -0.05) is 72.8 Å². The summed E-state index contributed by atoms with van der Waals surface area (Å²) in [5, 5.41) is 7.44. The Morgan fingerprint density at radius 1 is 1.03 bits per heavy atom. The highest BCUT2D eigenvalue weighted by atomic mass is 16.5. The van der Waals surface area contributed by atoms with Crippen molar-refractivity contribution in [2.24, 2.45) is 0 Å². The van der Waals surface area contributed by atoms with E-state index in [0.29, 0.717) is 32.7 Å². The highest BCUT2D eigenvalue weighted by molar-refractivity contribution is 5.86. The minimum Gasteiger partial charge on any atom is -0.362 e. The molecular formula is C27H30N4O2. The number of aromatic nitrogens is 2. The topological polar surface area (TPSA) is 61.5 Å². The van der Waals surface area contributed by atoms with E-state index in [2.05, 4.69) is 51.5 Å². The smallest absolute Gasteiger partial charge is 0.256 e. The fourth-order valence-corrected chi connectivity index (χ4v) is 4.81. The Balaban J connectivity index is 1.30. The van der Waals surface area contributed by atoms with Gasteiger partial charge in [0.05, 0.1) is 18.5 Å². The molecule has 33 heavy (non-hydrogen) atoms. The van der Waals surface area contributed by atoms with Gasteiger partial charge in [-0.2, -0.15) is 5.10 Å². The predicted octanol–water partition coefficient (Wildman–Crippen LogP) is 3.68. The van der Waals surface area contributed by atoms with Crippen molar-refractivity contribution in [3.63, 3.8) is 0 Å². The van der Waals surface area contributed by atoms with Crippen molar-refractivity contribution in [2.45, 2.75) is 25.0 Å². The molecule has 3 aromatic rings. The van der Waals surface area contributed by atoms with E-state index in [1.54, 1.807) is 0 Å². The summed E-state index contributed by atoms with van der Waals surface area (Å²) in [5.74, 6) is 0.101. The number of H-pyrrole nitrogens is 1. The molecule has 2 aromatic carbocycles. The van der Waals surface area contributed by atoms with E-state index in [4.69, 9.17) is 4.74 Å². The molecular weight excluding hydrogens is 412 g/mol. The number of amides is 1. The van der Waals surface area contributed by atoms with Crippen molar-refractivity contribution in [1.82, 2.24) is 20.0 Å². The van der Waals surface area contributed by atoms with Crippen LogP contribution in [0.5, 0.6) is 0 Å². The summed E-state index contributed by atoms with van der Waals surface area (Å²) in [5.41, 5.74) is 3.71. The van der Waals surface area contributed by atoms with Crippen molar-refractivity contribution in [3.8, 4) is 11.3 Å². The van der Waals surface area contributed by atoms with E-state index in [1.165, 1.54) is 5.56 Å². The van der Waals surface area contributed by atoms with Gasteiger partial charge in [-0.25, -0.2) is 0 Å². The predicted molar refractivity (Wildman–Crippen MR) is 128 cm³/mol. The van der Waals surface area contributed by atoms with Crippen molar-refractivity contribution < 1.29 is 9.53 Å². The zero-order valence-corrected chi connectivity index (χ0v) is 18.8. The SMILES string of the molecule is O=C1N(CCc2ccccc2)CC=CCC12CN(Cc1cn[nH]c1-c1ccccc1)CCO2. The fraction of sp³-hybridized carbons (Fsp3) is 0.333. The molecule has 2 aliphatic heterocycles. The maximum Gasteiger partial charge on any atom is 0.256 e. The third-order valence-corrected chi connectivity index (χ3v) is 6.57. The summed E-state index contributed by atoms with van der Waals surface area (Å²) < 4.78 is 6.24. The van der Waals surface area contributed by atoms with Crippen LogP contribution in [0.25, 0.3) is 11.3 Å². The number of morpholine rings is 1. The first-order valence-electron chi connectivity index (χ1n) is 11.7. The van der Waals surface area contributed by atoms with Gasteiger partial charge in [0.1, 0.15) is 0 Å². The van der Waals surface area contributed by atoms with E-state index in [0.717, 1.165) is 36.3 Å². The maximum absolute atomic E-state index is 13.7. The van der Waals surface area contributed by atoms with Gasteiger partial charge in [-0.15, -0.1) is 0 Å². The summed E-state index contributed by atoms with van der Waals surface area (Å²) in [6.07, 6.45) is 7.56. The second kappa shape index (κ2) is 9.73. The van der Waals surface area contributed by atoms with Crippen LogP contribution in [0.4, 0.5) is 0 Å². The molecule has 1 fully saturated rings. The number of carbonyl (C=O) groups is 1. The van der Waals surface area contributed by atoms with Gasteiger partial charge in [0, 0.05) is 44.7 Å². The lowest BCUT2D eigenvalue weighted by atomic mass is 9.95. The highest BCUT2D eigenvalue weighted by Gasteiger charge is 2.45. The van der Waals surface area contributed by atoms with Crippen molar-refractivity contribution in [1.29, 1.82) is 0 Å². The fourth-order valence-electron chi connectivity index (χ4n) is 4.81. The molecule has 5 rings (SSSR count). The summed E-state index contributed by atoms with van der Waals surface area (Å²) in [6, 6.07) is 20.6. The van der Waals surface area contributed by atoms with Crippen LogP contribution >= 0.6 is 0 Å². The van der Waals surface area contributed by atoms with E-state index in [1.807, 2.05) is 47.5 Å². The quantitative estimate of drug-likeness (QED) is 0.592. The Morgan fingerprint density at radius 2 is 1.82 bits per heavy atom. The van der Waals surface area contributed by atoms with Crippen molar-refractivity contribution >= 4 is 5.91 Å². The molecule has 0 aliphatic carbocycles. The van der Waals surface area contributed by atoms with Gasteiger partial charge in [-0.05, 0) is 17.5 Å². The third-order valence-electron chi connectivity index (χ3n) is 6.57. The molecule has 6 heteroatoms. The average Bonchev–Trinajstić information content (AvgIpc) is 3.27. The maximum atomic E-state index is 13.7. The molecule has 2 aliphatic rings. The molecule has 1 unspecified atom stereocenters. The van der Waals surface area contributed by atoms with Gasteiger partial charge in [-0.3, -0.25) is 14.8 Å². The summed E-state index contributed by atoms with van der Waals surface area (Å²) in [7, 11) is 0. The van der Waals surface area contributed by atoms with Crippen LogP contribution in [0.1, 0.15) is 17.5 Å². The van der Waals surface area contributed by atoms with Crippen molar-refractivity contribution in [3.05, 3.63) is 90.1 Å². The van der Waals surface area contributed by atoms with Crippen LogP contribution in [-0.2, 0) is 22.5 Å². The third kappa shape index (κ3) is 4.77. The van der Waals surface area contributed by atoms with Crippen LogP contribution in [0, 0.1) is 0 Å². The summed E-state index contributed by atoms with van der Waals surface area (Å²) in [6.45, 7) is 3.98. The lowest BCUT2D eigenvalue weighted by Crippen LogP contribution is -2.60.